The molecule has 0 aliphatic carbocycles. The Morgan fingerprint density at radius 3 is 2.88 bits per heavy atom. The summed E-state index contributed by atoms with van der Waals surface area (Å²) in [6, 6.07) is 13.8. The molecule has 0 spiro atoms. The first-order valence-electron chi connectivity index (χ1n) is 8.00. The minimum atomic E-state index is -0.161. The molecule has 2 heterocycles. The van der Waals surface area contributed by atoms with Crippen LogP contribution in [0.25, 0.3) is 21.0 Å². The highest BCUT2D eigenvalue weighted by Gasteiger charge is 2.11. The number of aryl methyl sites for hydroxylation is 1. The van der Waals surface area contributed by atoms with Gasteiger partial charge in [-0.1, -0.05) is 42.1 Å². The summed E-state index contributed by atoms with van der Waals surface area (Å²) >= 11 is 2.65. The summed E-state index contributed by atoms with van der Waals surface area (Å²) < 4.78 is 0. The molecule has 5 nitrogen and oxygen atoms in total. The van der Waals surface area contributed by atoms with Crippen LogP contribution in [0.4, 0.5) is 5.69 Å². The van der Waals surface area contributed by atoms with Crippen LogP contribution in [0.1, 0.15) is 5.56 Å². The number of aromatic amines is 1. The van der Waals surface area contributed by atoms with E-state index >= 15 is 0 Å². The lowest BCUT2D eigenvalue weighted by Crippen LogP contribution is -2.15. The fraction of sp³-hybridized carbons (Fsp3) is 0.105. The molecule has 2 N–H and O–H groups in total. The number of nitrogens with one attached hydrogen (secondary N) is 2. The molecule has 0 saturated carbocycles. The maximum Gasteiger partial charge on any atom is 0.260 e. The number of thiophene rings is 1. The largest absolute Gasteiger partial charge is 0.325 e. The Hall–Kier alpha value is -2.64. The van der Waals surface area contributed by atoms with Crippen LogP contribution in [-0.4, -0.2) is 21.6 Å². The van der Waals surface area contributed by atoms with Gasteiger partial charge in [0.1, 0.15) is 4.83 Å². The molecular weight excluding hydrogens is 366 g/mol. The van der Waals surface area contributed by atoms with Gasteiger partial charge in [-0.2, -0.15) is 0 Å². The third kappa shape index (κ3) is 3.36. The lowest BCUT2D eigenvalue weighted by atomic mass is 10.1. The summed E-state index contributed by atoms with van der Waals surface area (Å²) in [7, 11) is 0. The zero-order valence-corrected chi connectivity index (χ0v) is 15.5. The Morgan fingerprint density at radius 1 is 1.23 bits per heavy atom. The smallest absolute Gasteiger partial charge is 0.260 e. The summed E-state index contributed by atoms with van der Waals surface area (Å²) in [5, 5.41) is 8.07. The molecule has 0 fully saturated rings. The van der Waals surface area contributed by atoms with Crippen molar-refractivity contribution in [2.75, 3.05) is 11.1 Å². The molecule has 0 aliphatic rings. The van der Waals surface area contributed by atoms with Crippen LogP contribution in [0, 0.1) is 6.92 Å². The summed E-state index contributed by atoms with van der Waals surface area (Å²) in [6.45, 7) is 1.89. The van der Waals surface area contributed by atoms with Crippen LogP contribution in [-0.2, 0) is 4.79 Å². The predicted octanol–water partition coefficient (Wildman–Crippen LogP) is 4.18. The van der Waals surface area contributed by atoms with Gasteiger partial charge in [0.2, 0.25) is 5.91 Å². The summed E-state index contributed by atoms with van der Waals surface area (Å²) in [4.78, 5) is 32.2. The molecule has 0 radical (unpaired) electrons. The van der Waals surface area contributed by atoms with Crippen molar-refractivity contribution in [3.8, 4) is 0 Å². The number of anilines is 1. The molecule has 1 amide bonds. The van der Waals surface area contributed by atoms with Gasteiger partial charge in [0.15, 0.2) is 5.16 Å². The monoisotopic (exact) mass is 381 g/mol. The van der Waals surface area contributed by atoms with E-state index in [-0.39, 0.29) is 17.2 Å². The van der Waals surface area contributed by atoms with E-state index in [1.165, 1.54) is 23.1 Å². The average molecular weight is 381 g/mol. The lowest BCUT2D eigenvalue weighted by Gasteiger charge is -2.06. The second kappa shape index (κ2) is 6.93. The van der Waals surface area contributed by atoms with Crippen LogP contribution in [0.3, 0.4) is 0 Å². The number of thioether (sulfide) groups is 1. The van der Waals surface area contributed by atoms with Crippen LogP contribution in [0.2, 0.25) is 0 Å². The normalized spacial score (nSPS) is 11.1. The first-order valence-corrected chi connectivity index (χ1v) is 9.86. The van der Waals surface area contributed by atoms with E-state index in [0.29, 0.717) is 15.4 Å². The van der Waals surface area contributed by atoms with Crippen molar-refractivity contribution in [3.05, 3.63) is 63.8 Å². The van der Waals surface area contributed by atoms with Gasteiger partial charge in [0.25, 0.3) is 5.56 Å². The number of aromatic nitrogens is 2. The first-order chi connectivity index (χ1) is 12.6. The molecular formula is C19H15N3O2S2. The average Bonchev–Trinajstić information content (AvgIpc) is 3.01. The van der Waals surface area contributed by atoms with Crippen molar-refractivity contribution < 1.29 is 4.79 Å². The fourth-order valence-corrected chi connectivity index (χ4v) is 4.38. The molecule has 4 rings (SSSR count). The number of fused-ring (bicyclic) bond motifs is 2. The minimum Gasteiger partial charge on any atom is -0.325 e. The second-order valence-electron chi connectivity index (χ2n) is 5.87. The Labute approximate surface area is 157 Å². The van der Waals surface area contributed by atoms with Crippen LogP contribution >= 0.6 is 23.1 Å². The zero-order valence-electron chi connectivity index (χ0n) is 13.9. The highest BCUT2D eigenvalue weighted by molar-refractivity contribution is 7.99. The van der Waals surface area contributed by atoms with Gasteiger partial charge in [-0.15, -0.1) is 11.3 Å². The first kappa shape index (κ1) is 16.8. The van der Waals surface area contributed by atoms with Crippen molar-refractivity contribution >= 4 is 55.7 Å². The van der Waals surface area contributed by atoms with E-state index in [4.69, 9.17) is 0 Å². The topological polar surface area (TPSA) is 74.8 Å². The molecule has 0 saturated heterocycles. The molecule has 0 unspecified atom stereocenters. The highest BCUT2D eigenvalue weighted by atomic mass is 32.2. The van der Waals surface area contributed by atoms with Gasteiger partial charge >= 0.3 is 0 Å². The Bertz CT molecular complexity index is 1180. The number of carbonyl (C=O) groups is 1. The van der Waals surface area contributed by atoms with Crippen molar-refractivity contribution in [2.45, 2.75) is 12.1 Å². The van der Waals surface area contributed by atoms with Crippen LogP contribution in [0.5, 0.6) is 0 Å². The van der Waals surface area contributed by atoms with Gasteiger partial charge in [-0.25, -0.2) is 4.98 Å². The third-order valence-electron chi connectivity index (χ3n) is 3.98. The highest BCUT2D eigenvalue weighted by Crippen LogP contribution is 2.23. The van der Waals surface area contributed by atoms with E-state index in [9.17, 15) is 9.59 Å². The predicted molar refractivity (Wildman–Crippen MR) is 108 cm³/mol. The van der Waals surface area contributed by atoms with E-state index in [1.54, 1.807) is 0 Å². The SMILES string of the molecule is Cc1csc2nc(SCC(=O)Nc3ccc4ccccc4c3)[nH]c(=O)c12. The third-order valence-corrected chi connectivity index (χ3v) is 5.84. The number of hydrogen-bond donors (Lipinski definition) is 2. The molecule has 26 heavy (non-hydrogen) atoms. The molecule has 2 aromatic carbocycles. The van der Waals surface area contributed by atoms with Crippen molar-refractivity contribution in [1.82, 2.24) is 9.97 Å². The number of benzene rings is 2. The Balaban J connectivity index is 1.45. The molecule has 0 bridgehead atoms. The summed E-state index contributed by atoms with van der Waals surface area (Å²) in [5.74, 6) is 0.0291. The van der Waals surface area contributed by atoms with Gasteiger partial charge in [-0.3, -0.25) is 9.59 Å². The quantitative estimate of drug-likeness (QED) is 0.411. The van der Waals surface area contributed by atoms with Gasteiger partial charge in [0, 0.05) is 5.69 Å². The van der Waals surface area contributed by atoms with Crippen molar-refractivity contribution in [1.29, 1.82) is 0 Å². The Kier molecular flexibility index (Phi) is 4.48. The lowest BCUT2D eigenvalue weighted by molar-refractivity contribution is -0.113. The van der Waals surface area contributed by atoms with E-state index in [2.05, 4.69) is 15.3 Å². The van der Waals surface area contributed by atoms with Crippen LogP contribution in [0.15, 0.2) is 57.8 Å². The van der Waals surface area contributed by atoms with Gasteiger partial charge < -0.3 is 10.3 Å². The fourth-order valence-electron chi connectivity index (χ4n) is 2.74. The van der Waals surface area contributed by atoms with Gasteiger partial charge in [0.05, 0.1) is 11.1 Å². The number of hydrogen-bond acceptors (Lipinski definition) is 5. The maximum atomic E-state index is 12.2. The minimum absolute atomic E-state index is 0.143. The Morgan fingerprint density at radius 2 is 2.04 bits per heavy atom. The van der Waals surface area contributed by atoms with E-state index in [0.717, 1.165) is 22.0 Å². The van der Waals surface area contributed by atoms with Crippen LogP contribution < -0.4 is 10.9 Å². The van der Waals surface area contributed by atoms with Gasteiger partial charge in [-0.05, 0) is 40.8 Å². The van der Waals surface area contributed by atoms with Crippen molar-refractivity contribution in [2.24, 2.45) is 0 Å². The molecule has 7 heteroatoms. The standard InChI is InChI=1S/C19H15N3O2S2/c1-11-9-25-18-16(11)17(24)21-19(22-18)26-10-15(23)20-14-7-6-12-4-2-3-5-13(12)8-14/h2-9H,10H2,1H3,(H,20,23)(H,21,22,24). The number of nitrogens with zero attached hydrogens (tertiary/aromatic N) is 1. The molecule has 0 aliphatic heterocycles. The molecule has 0 atom stereocenters. The second-order valence-corrected chi connectivity index (χ2v) is 7.69. The number of carbonyl (C=O) groups excluding carboxylic acids is 1. The summed E-state index contributed by atoms with van der Waals surface area (Å²) in [5.41, 5.74) is 1.51. The number of rotatable bonds is 4. The summed E-state index contributed by atoms with van der Waals surface area (Å²) in [6.07, 6.45) is 0. The number of H-pyrrole nitrogens is 1. The maximum absolute atomic E-state index is 12.2. The zero-order chi connectivity index (χ0) is 18.1. The van der Waals surface area contributed by atoms with E-state index < -0.39 is 0 Å². The molecule has 4 aromatic rings. The molecule has 130 valence electrons. The number of amides is 1. The van der Waals surface area contributed by atoms with E-state index in [1.807, 2.05) is 54.8 Å². The molecule has 2 aromatic heterocycles. The van der Waals surface area contributed by atoms with Crippen molar-refractivity contribution in [3.63, 3.8) is 0 Å².